The highest BCUT2D eigenvalue weighted by Crippen LogP contribution is 2.29. The third-order valence-electron chi connectivity index (χ3n) is 13.4. The molecule has 9 aromatic carbocycles. The maximum atomic E-state index is 4.34. The topological polar surface area (TPSA) is 113 Å². The number of anilines is 8. The quantitative estimate of drug-likeness (QED) is 0.101. The predicted octanol–water partition coefficient (Wildman–Crippen LogP) is 19.2. The molecule has 0 saturated heterocycles. The molecule has 14 aromatic rings. The van der Waals surface area contributed by atoms with Crippen LogP contribution in [0.25, 0.3) is 65.8 Å². The molecule has 0 bridgehead atoms. The van der Waals surface area contributed by atoms with E-state index >= 15 is 0 Å². The third kappa shape index (κ3) is 14.2. The molecule has 4 N–H and O–H groups in total. The van der Waals surface area contributed by atoms with Gasteiger partial charge in [0, 0.05) is 106 Å². The van der Waals surface area contributed by atoms with E-state index in [4.69, 9.17) is 0 Å². The van der Waals surface area contributed by atoms with Crippen molar-refractivity contribution < 1.29 is 0 Å². The molecule has 9 heteroatoms. The molecule has 0 saturated carbocycles. The van der Waals surface area contributed by atoms with E-state index in [1.165, 1.54) is 21.7 Å². The summed E-state index contributed by atoms with van der Waals surface area (Å²) in [4.78, 5) is 21.1. The Bertz CT molecular complexity index is 4020. The zero-order valence-corrected chi connectivity index (χ0v) is 44.8. The fraction of sp³-hybridized carbons (Fsp3) is 0. The van der Waals surface area contributed by atoms with E-state index in [0.717, 1.165) is 89.6 Å². The van der Waals surface area contributed by atoms with Gasteiger partial charge in [-0.3, -0.25) is 24.9 Å². The normalized spacial score (nSPS) is 10.4. The van der Waals surface area contributed by atoms with Crippen molar-refractivity contribution in [3.8, 4) is 33.4 Å². The first-order valence-electron chi connectivity index (χ1n) is 27.0. The highest BCUT2D eigenvalue weighted by atomic mass is 14.9. The van der Waals surface area contributed by atoms with Gasteiger partial charge in [-0.2, -0.15) is 0 Å². The summed E-state index contributed by atoms with van der Waals surface area (Å²) in [5.74, 6) is 0. The molecule has 0 spiro atoms. The van der Waals surface area contributed by atoms with Crippen molar-refractivity contribution in [2.24, 2.45) is 0 Å². The number of aromatic nitrogens is 5. The molecule has 14 rings (SSSR count). The second kappa shape index (κ2) is 26.9. The summed E-state index contributed by atoms with van der Waals surface area (Å²) in [6.45, 7) is 0. The number of hydrogen-bond acceptors (Lipinski definition) is 9. The van der Waals surface area contributed by atoms with Gasteiger partial charge in [-0.05, 0) is 159 Å². The van der Waals surface area contributed by atoms with Gasteiger partial charge in [0.25, 0.3) is 0 Å². The zero-order valence-electron chi connectivity index (χ0n) is 44.8. The molecule has 5 heterocycles. The Balaban J connectivity index is 0.000000116. The SMILES string of the molecule is c1ccc(Nc2cccc3ncccc23)cc1.c1ccc(Nc2cncc3ccccc23)cc1.c1cncc(-c2ccc(Nc3ccc(-c4cccnc4)cc3)cc2)c1.c1cncc(-c2ccc(Nc3ccc4ccccc4c3)cc2)c1. The number of hydrogen-bond donors (Lipinski definition) is 4. The van der Waals surface area contributed by atoms with Crippen LogP contribution in [-0.4, -0.2) is 24.9 Å². The number of nitrogens with one attached hydrogen (secondary N) is 4. The molecule has 0 amide bonds. The Hall–Kier alpha value is -11.3. The van der Waals surface area contributed by atoms with Gasteiger partial charge in [0.15, 0.2) is 0 Å². The van der Waals surface area contributed by atoms with Crippen LogP contribution >= 0.6 is 0 Å². The Morgan fingerprint density at radius 3 is 1.20 bits per heavy atom. The Labute approximate surface area is 477 Å². The number of nitrogens with zero attached hydrogens (tertiary/aromatic N) is 5. The maximum Gasteiger partial charge on any atom is 0.0722 e. The molecule has 0 aliphatic heterocycles. The van der Waals surface area contributed by atoms with E-state index < -0.39 is 0 Å². The first-order valence-corrected chi connectivity index (χ1v) is 27.0. The summed E-state index contributed by atoms with van der Waals surface area (Å²) in [6.07, 6.45) is 16.5. The minimum Gasteiger partial charge on any atom is -0.356 e. The summed E-state index contributed by atoms with van der Waals surface area (Å²) < 4.78 is 0. The van der Waals surface area contributed by atoms with Gasteiger partial charge in [-0.1, -0.05) is 152 Å². The lowest BCUT2D eigenvalue weighted by atomic mass is 10.1. The van der Waals surface area contributed by atoms with Crippen LogP contribution in [0.15, 0.2) is 323 Å². The third-order valence-corrected chi connectivity index (χ3v) is 13.4. The Kier molecular flexibility index (Phi) is 17.3. The van der Waals surface area contributed by atoms with Crippen LogP contribution in [0.3, 0.4) is 0 Å². The van der Waals surface area contributed by atoms with Crippen molar-refractivity contribution in [3.05, 3.63) is 323 Å². The molecule has 9 nitrogen and oxygen atoms in total. The fourth-order valence-electron chi connectivity index (χ4n) is 9.22. The van der Waals surface area contributed by atoms with Crippen LogP contribution in [0.4, 0.5) is 45.5 Å². The van der Waals surface area contributed by atoms with E-state index in [-0.39, 0.29) is 0 Å². The van der Waals surface area contributed by atoms with Crippen LogP contribution in [0, 0.1) is 0 Å². The maximum absolute atomic E-state index is 4.34. The summed E-state index contributed by atoms with van der Waals surface area (Å²) in [5, 5.41) is 19.6. The standard InChI is InChI=1S/C22H17N3.C21H16N2.2C15H12N2/c1-3-19(15-23-13-1)17-5-9-21(10-6-17)25-22-11-7-18(8-12-22)20-4-2-14-24-16-20;1-2-5-18-14-21(12-9-16(18)4-1)23-20-10-7-17(8-11-20)19-6-3-13-22-15-19;1-2-6-12(7-3-1)17-15-10-4-9-14-13(15)8-5-11-16-14;1-2-7-13(8-3-1)17-15-11-16-10-12-6-4-5-9-14(12)15/h1-16,25H;1-15,23H;2*1-11,17H. The lowest BCUT2D eigenvalue weighted by Crippen LogP contribution is -1.91. The minimum atomic E-state index is 1.01. The summed E-state index contributed by atoms with van der Waals surface area (Å²) in [7, 11) is 0. The van der Waals surface area contributed by atoms with Crippen molar-refractivity contribution in [1.29, 1.82) is 0 Å². The molecule has 0 atom stereocenters. The van der Waals surface area contributed by atoms with Gasteiger partial charge in [-0.15, -0.1) is 0 Å². The molecule has 0 radical (unpaired) electrons. The van der Waals surface area contributed by atoms with Gasteiger partial charge in [-0.25, -0.2) is 0 Å². The van der Waals surface area contributed by atoms with E-state index in [9.17, 15) is 0 Å². The van der Waals surface area contributed by atoms with Crippen LogP contribution in [0.2, 0.25) is 0 Å². The van der Waals surface area contributed by atoms with Crippen LogP contribution in [-0.2, 0) is 0 Å². The molecular weight excluding hydrogens is 1000 g/mol. The molecule has 0 unspecified atom stereocenters. The Morgan fingerprint density at radius 2 is 0.659 bits per heavy atom. The van der Waals surface area contributed by atoms with E-state index in [0.29, 0.717) is 0 Å². The highest BCUT2D eigenvalue weighted by molar-refractivity contribution is 5.95. The van der Waals surface area contributed by atoms with Gasteiger partial charge in [0.05, 0.1) is 17.4 Å². The molecule has 394 valence electrons. The first-order chi connectivity index (χ1) is 40.6. The molecule has 0 aliphatic rings. The molecular formula is C73H57N9. The van der Waals surface area contributed by atoms with Crippen molar-refractivity contribution in [2.45, 2.75) is 0 Å². The van der Waals surface area contributed by atoms with E-state index in [2.05, 4.69) is 216 Å². The molecule has 0 aliphatic carbocycles. The molecule has 0 fully saturated rings. The fourth-order valence-corrected chi connectivity index (χ4v) is 9.22. The number of fused-ring (bicyclic) bond motifs is 3. The number of para-hydroxylation sites is 2. The predicted molar refractivity (Wildman–Crippen MR) is 342 cm³/mol. The minimum absolute atomic E-state index is 1.01. The van der Waals surface area contributed by atoms with E-state index in [1.54, 1.807) is 18.6 Å². The highest BCUT2D eigenvalue weighted by Gasteiger charge is 2.05. The van der Waals surface area contributed by atoms with Gasteiger partial charge >= 0.3 is 0 Å². The van der Waals surface area contributed by atoms with Crippen molar-refractivity contribution >= 4 is 77.9 Å². The van der Waals surface area contributed by atoms with Crippen LogP contribution in [0.1, 0.15) is 0 Å². The largest absolute Gasteiger partial charge is 0.356 e. The number of pyridine rings is 5. The zero-order chi connectivity index (χ0) is 55.4. The summed E-state index contributed by atoms with van der Waals surface area (Å²) in [6, 6.07) is 90.6. The smallest absolute Gasteiger partial charge is 0.0722 e. The monoisotopic (exact) mass is 1060 g/mol. The van der Waals surface area contributed by atoms with Crippen molar-refractivity contribution in [2.75, 3.05) is 21.3 Å². The second-order valence-electron chi connectivity index (χ2n) is 19.0. The number of benzene rings is 9. The molecule has 82 heavy (non-hydrogen) atoms. The Morgan fingerprint density at radius 1 is 0.220 bits per heavy atom. The second-order valence-corrected chi connectivity index (χ2v) is 19.0. The van der Waals surface area contributed by atoms with E-state index in [1.807, 2.05) is 134 Å². The summed E-state index contributed by atoms with van der Waals surface area (Å²) >= 11 is 0. The van der Waals surface area contributed by atoms with Crippen LogP contribution < -0.4 is 21.3 Å². The summed E-state index contributed by atoms with van der Waals surface area (Å²) in [5.41, 5.74) is 16.4. The van der Waals surface area contributed by atoms with Gasteiger partial charge < -0.3 is 21.3 Å². The molecule has 5 aromatic heterocycles. The first kappa shape index (κ1) is 52.7. The average molecular weight is 1060 g/mol. The lowest BCUT2D eigenvalue weighted by Gasteiger charge is -2.09. The van der Waals surface area contributed by atoms with Crippen molar-refractivity contribution in [1.82, 2.24) is 24.9 Å². The number of rotatable bonds is 11. The van der Waals surface area contributed by atoms with Crippen molar-refractivity contribution in [3.63, 3.8) is 0 Å². The van der Waals surface area contributed by atoms with Gasteiger partial charge in [0.1, 0.15) is 0 Å². The lowest BCUT2D eigenvalue weighted by molar-refractivity contribution is 1.33. The average Bonchev–Trinajstić information content (AvgIpc) is 3.59. The van der Waals surface area contributed by atoms with Crippen LogP contribution in [0.5, 0.6) is 0 Å². The van der Waals surface area contributed by atoms with Gasteiger partial charge in [0.2, 0.25) is 0 Å².